The first kappa shape index (κ1) is 14.0. The summed E-state index contributed by atoms with van der Waals surface area (Å²) in [6.07, 6.45) is 4.81. The van der Waals surface area contributed by atoms with Gasteiger partial charge in [0.05, 0.1) is 0 Å². The van der Waals surface area contributed by atoms with E-state index in [2.05, 4.69) is 61.8 Å². The van der Waals surface area contributed by atoms with Gasteiger partial charge in [-0.25, -0.2) is 0 Å². The SMILES string of the molecule is CN(C)C(C)(C)Cn1ccc2c3c(ccc21)SCCC3. The van der Waals surface area contributed by atoms with Gasteiger partial charge in [0, 0.05) is 34.1 Å². The molecule has 0 fully saturated rings. The van der Waals surface area contributed by atoms with Crippen LogP contribution < -0.4 is 0 Å². The predicted octanol–water partition coefficient (Wildman–Crippen LogP) is 4.02. The van der Waals surface area contributed by atoms with Crippen molar-refractivity contribution in [3.8, 4) is 0 Å². The maximum Gasteiger partial charge on any atom is 0.0484 e. The molecule has 2 heterocycles. The van der Waals surface area contributed by atoms with Crippen LogP contribution in [-0.4, -0.2) is 34.9 Å². The second-order valence-electron chi connectivity index (χ2n) is 6.58. The molecule has 1 aromatic carbocycles. The van der Waals surface area contributed by atoms with E-state index < -0.39 is 0 Å². The molecule has 0 atom stereocenters. The van der Waals surface area contributed by atoms with Gasteiger partial charge in [-0.15, -0.1) is 11.8 Å². The van der Waals surface area contributed by atoms with Gasteiger partial charge in [0.15, 0.2) is 0 Å². The van der Waals surface area contributed by atoms with E-state index in [0.29, 0.717) is 0 Å². The van der Waals surface area contributed by atoms with Gasteiger partial charge >= 0.3 is 0 Å². The highest BCUT2D eigenvalue weighted by atomic mass is 32.2. The Hall–Kier alpha value is -0.930. The minimum atomic E-state index is 0.163. The molecule has 0 saturated heterocycles. The average Bonchev–Trinajstić information content (AvgIpc) is 2.81. The fourth-order valence-corrected chi connectivity index (χ4v) is 3.89. The summed E-state index contributed by atoms with van der Waals surface area (Å²) < 4.78 is 2.41. The summed E-state index contributed by atoms with van der Waals surface area (Å²) >= 11 is 2.01. The molecule has 1 aliphatic rings. The van der Waals surface area contributed by atoms with Crippen LogP contribution >= 0.6 is 11.8 Å². The van der Waals surface area contributed by atoms with Crippen molar-refractivity contribution in [2.45, 2.75) is 43.7 Å². The summed E-state index contributed by atoms with van der Waals surface area (Å²) in [5, 5.41) is 1.46. The second kappa shape index (κ2) is 5.12. The Morgan fingerprint density at radius 3 is 2.80 bits per heavy atom. The van der Waals surface area contributed by atoms with Gasteiger partial charge in [-0.1, -0.05) is 0 Å². The number of rotatable bonds is 3. The number of thioether (sulfide) groups is 1. The standard InChI is InChI=1S/C17H24N2S/c1-17(2,18(3)4)12-19-10-9-13-14-6-5-11-20-16(14)8-7-15(13)19/h7-10H,5-6,11-12H2,1-4H3. The Kier molecular flexibility index (Phi) is 3.59. The third-order valence-corrected chi connectivity index (χ3v) is 5.80. The highest BCUT2D eigenvalue weighted by Gasteiger charge is 2.22. The number of likely N-dealkylation sites (N-methyl/N-ethyl adjacent to an activating group) is 1. The molecule has 0 radical (unpaired) electrons. The fraction of sp³-hybridized carbons (Fsp3) is 0.529. The molecule has 0 N–H and O–H groups in total. The first-order valence-corrected chi connectivity index (χ1v) is 8.38. The minimum Gasteiger partial charge on any atom is -0.346 e. The largest absolute Gasteiger partial charge is 0.346 e. The molecule has 3 rings (SSSR count). The molecule has 2 nitrogen and oxygen atoms in total. The van der Waals surface area contributed by atoms with Gasteiger partial charge < -0.3 is 9.47 Å². The van der Waals surface area contributed by atoms with E-state index in [1.807, 2.05) is 11.8 Å². The molecule has 2 aromatic rings. The minimum absolute atomic E-state index is 0.163. The number of aryl methyl sites for hydroxylation is 1. The predicted molar refractivity (Wildman–Crippen MR) is 88.7 cm³/mol. The van der Waals surface area contributed by atoms with Crippen LogP contribution in [-0.2, 0) is 13.0 Å². The van der Waals surface area contributed by atoms with E-state index in [-0.39, 0.29) is 5.54 Å². The van der Waals surface area contributed by atoms with Gasteiger partial charge in [-0.2, -0.15) is 0 Å². The summed E-state index contributed by atoms with van der Waals surface area (Å²) in [5.41, 5.74) is 3.12. The topological polar surface area (TPSA) is 8.17 Å². The molecule has 1 aliphatic heterocycles. The zero-order valence-corrected chi connectivity index (χ0v) is 13.8. The highest BCUT2D eigenvalue weighted by Crippen LogP contribution is 2.35. The van der Waals surface area contributed by atoms with Gasteiger partial charge in [-0.05, 0) is 70.3 Å². The number of nitrogens with zero attached hydrogens (tertiary/aromatic N) is 2. The monoisotopic (exact) mass is 288 g/mol. The lowest BCUT2D eigenvalue weighted by Gasteiger charge is -2.33. The number of hydrogen-bond acceptors (Lipinski definition) is 2. The number of benzene rings is 1. The Balaban J connectivity index is 2.02. The summed E-state index contributed by atoms with van der Waals surface area (Å²) in [6.45, 7) is 5.62. The molecule has 0 amide bonds. The Labute approximate surface area is 126 Å². The van der Waals surface area contributed by atoms with Crippen molar-refractivity contribution in [3.05, 3.63) is 30.0 Å². The molecule has 108 valence electrons. The molecule has 0 spiro atoms. The number of hydrogen-bond donors (Lipinski definition) is 0. The van der Waals surface area contributed by atoms with Crippen molar-refractivity contribution in [1.29, 1.82) is 0 Å². The molecular weight excluding hydrogens is 264 g/mol. The first-order valence-electron chi connectivity index (χ1n) is 7.40. The first-order chi connectivity index (χ1) is 9.49. The van der Waals surface area contributed by atoms with Gasteiger partial charge in [-0.3, -0.25) is 0 Å². The zero-order chi connectivity index (χ0) is 14.3. The lowest BCUT2D eigenvalue weighted by molar-refractivity contribution is 0.171. The maximum absolute atomic E-state index is 2.41. The number of aromatic nitrogens is 1. The molecule has 1 aromatic heterocycles. The second-order valence-corrected chi connectivity index (χ2v) is 7.71. The molecule has 0 unspecified atom stereocenters. The molecule has 20 heavy (non-hydrogen) atoms. The van der Waals surface area contributed by atoms with Crippen LogP contribution in [0.3, 0.4) is 0 Å². The smallest absolute Gasteiger partial charge is 0.0484 e. The van der Waals surface area contributed by atoms with Crippen molar-refractivity contribution in [2.75, 3.05) is 19.8 Å². The average molecular weight is 288 g/mol. The Morgan fingerprint density at radius 1 is 1.25 bits per heavy atom. The van der Waals surface area contributed by atoms with Crippen LogP contribution in [0.4, 0.5) is 0 Å². The summed E-state index contributed by atoms with van der Waals surface area (Å²) in [5.74, 6) is 1.27. The van der Waals surface area contributed by atoms with E-state index in [0.717, 1.165) is 6.54 Å². The van der Waals surface area contributed by atoms with Crippen molar-refractivity contribution in [3.63, 3.8) is 0 Å². The summed E-state index contributed by atoms with van der Waals surface area (Å²) in [6, 6.07) is 6.94. The van der Waals surface area contributed by atoms with Gasteiger partial charge in [0.2, 0.25) is 0 Å². The van der Waals surface area contributed by atoms with E-state index >= 15 is 0 Å². The van der Waals surface area contributed by atoms with Crippen LogP contribution in [0, 0.1) is 0 Å². The van der Waals surface area contributed by atoms with Crippen LogP contribution in [0.5, 0.6) is 0 Å². The van der Waals surface area contributed by atoms with Crippen LogP contribution in [0.1, 0.15) is 25.8 Å². The molecule has 0 saturated carbocycles. The van der Waals surface area contributed by atoms with E-state index in [1.54, 1.807) is 5.56 Å². The van der Waals surface area contributed by atoms with Crippen LogP contribution in [0.15, 0.2) is 29.3 Å². The maximum atomic E-state index is 2.41. The normalized spacial score (nSPS) is 15.8. The molecule has 0 aliphatic carbocycles. The van der Waals surface area contributed by atoms with Gasteiger partial charge in [0.25, 0.3) is 0 Å². The van der Waals surface area contributed by atoms with E-state index in [1.165, 1.54) is 34.4 Å². The van der Waals surface area contributed by atoms with Crippen molar-refractivity contribution in [2.24, 2.45) is 0 Å². The van der Waals surface area contributed by atoms with E-state index in [9.17, 15) is 0 Å². The molecule has 0 bridgehead atoms. The third-order valence-electron chi connectivity index (χ3n) is 4.62. The third kappa shape index (κ3) is 2.38. The molecular formula is C17H24N2S. The van der Waals surface area contributed by atoms with Crippen molar-refractivity contribution in [1.82, 2.24) is 9.47 Å². The lowest BCUT2D eigenvalue weighted by Crippen LogP contribution is -2.41. The molecule has 3 heteroatoms. The quantitative estimate of drug-likeness (QED) is 0.843. The van der Waals surface area contributed by atoms with E-state index in [4.69, 9.17) is 0 Å². The Bertz CT molecular complexity index is 625. The summed E-state index contributed by atoms with van der Waals surface area (Å²) in [4.78, 5) is 3.79. The van der Waals surface area contributed by atoms with Crippen molar-refractivity contribution < 1.29 is 0 Å². The van der Waals surface area contributed by atoms with Gasteiger partial charge in [0.1, 0.15) is 0 Å². The number of fused-ring (bicyclic) bond motifs is 3. The lowest BCUT2D eigenvalue weighted by atomic mass is 10.0. The zero-order valence-electron chi connectivity index (χ0n) is 12.9. The van der Waals surface area contributed by atoms with Crippen LogP contribution in [0.25, 0.3) is 10.9 Å². The summed E-state index contributed by atoms with van der Waals surface area (Å²) in [7, 11) is 4.31. The van der Waals surface area contributed by atoms with Crippen molar-refractivity contribution >= 4 is 22.7 Å². The highest BCUT2D eigenvalue weighted by molar-refractivity contribution is 7.99. The Morgan fingerprint density at radius 2 is 2.05 bits per heavy atom. The fourth-order valence-electron chi connectivity index (χ4n) is 2.83. The van der Waals surface area contributed by atoms with Crippen LogP contribution in [0.2, 0.25) is 0 Å².